The van der Waals surface area contributed by atoms with Crippen LogP contribution in [-0.4, -0.2) is 8.07 Å². The maximum Gasteiger partial charge on any atom is -1.00 e. The molecular weight excluding hydrogens is 542 g/mol. The SMILES string of the molecule is CC[Si]1(CC)c2cc3c(c(C4=CC=CC4)c21)[CH]([Hf+2])c1ccccc1-3.[Cl-].[Cl-]. The molecule has 1 heterocycles. The van der Waals surface area contributed by atoms with E-state index in [2.05, 4.69) is 62.4 Å². The van der Waals surface area contributed by atoms with Gasteiger partial charge in [-0.3, -0.25) is 0 Å². The largest absolute Gasteiger partial charge is 1.00 e. The minimum Gasteiger partial charge on any atom is -1.00 e. The first kappa shape index (κ1) is 20.3. The van der Waals surface area contributed by atoms with Crippen LogP contribution in [0.15, 0.2) is 48.6 Å². The van der Waals surface area contributed by atoms with Crippen LogP contribution in [0.1, 0.15) is 40.6 Å². The Bertz CT molecular complexity index is 941. The van der Waals surface area contributed by atoms with Gasteiger partial charge in [-0.25, -0.2) is 0 Å². The molecule has 131 valence electrons. The number of hydrogen-bond donors (Lipinski definition) is 0. The van der Waals surface area contributed by atoms with Crippen LogP contribution in [0.25, 0.3) is 16.7 Å². The molecule has 2 aromatic carbocycles. The van der Waals surface area contributed by atoms with Crippen molar-refractivity contribution in [2.45, 2.75) is 36.0 Å². The van der Waals surface area contributed by atoms with Gasteiger partial charge in [0.05, 0.1) is 0 Å². The summed E-state index contributed by atoms with van der Waals surface area (Å²) in [6.07, 6.45) is 8.10. The van der Waals surface area contributed by atoms with E-state index in [0.29, 0.717) is 3.67 Å². The minimum absolute atomic E-state index is 0. The number of hydrogen-bond acceptors (Lipinski definition) is 0. The Morgan fingerprint density at radius 1 is 1.08 bits per heavy atom. The van der Waals surface area contributed by atoms with E-state index < -0.39 is 8.07 Å². The molecule has 4 heteroatoms. The first-order valence-corrected chi connectivity index (χ1v) is 13.6. The second-order valence-corrected chi connectivity index (χ2v) is 14.0. The third kappa shape index (κ3) is 2.49. The third-order valence-electron chi connectivity index (χ3n) is 6.45. The molecule has 0 nitrogen and oxygen atoms in total. The molecule has 1 unspecified atom stereocenters. The van der Waals surface area contributed by atoms with Crippen molar-refractivity contribution in [2.24, 2.45) is 0 Å². The fraction of sp³-hybridized carbons (Fsp3) is 0.273. The van der Waals surface area contributed by atoms with Crippen molar-refractivity contribution in [3.63, 3.8) is 0 Å². The quantitative estimate of drug-likeness (QED) is 0.403. The molecule has 3 aliphatic rings. The van der Waals surface area contributed by atoms with Crippen molar-refractivity contribution >= 4 is 24.0 Å². The van der Waals surface area contributed by atoms with E-state index in [4.69, 9.17) is 0 Å². The van der Waals surface area contributed by atoms with Crippen LogP contribution >= 0.6 is 0 Å². The summed E-state index contributed by atoms with van der Waals surface area (Å²) >= 11 is 1.20. The van der Waals surface area contributed by atoms with E-state index in [1.165, 1.54) is 42.0 Å². The van der Waals surface area contributed by atoms with E-state index in [1.807, 2.05) is 5.19 Å². The van der Waals surface area contributed by atoms with Crippen LogP contribution in [0.5, 0.6) is 0 Å². The van der Waals surface area contributed by atoms with Crippen molar-refractivity contribution in [3.05, 3.63) is 65.3 Å². The second kappa shape index (κ2) is 7.20. The molecular formula is C22H21Cl2HfSi. The number of fused-ring (bicyclic) bond motifs is 4. The molecule has 0 aromatic heterocycles. The van der Waals surface area contributed by atoms with Crippen LogP contribution in [0.4, 0.5) is 0 Å². The summed E-state index contributed by atoms with van der Waals surface area (Å²) in [5.41, 5.74) is 9.64. The van der Waals surface area contributed by atoms with Crippen LogP contribution < -0.4 is 35.2 Å². The fourth-order valence-electron chi connectivity index (χ4n) is 5.08. The summed E-state index contributed by atoms with van der Waals surface area (Å²) in [6, 6.07) is 14.5. The zero-order chi connectivity index (χ0) is 16.5. The molecule has 0 radical (unpaired) electrons. The summed E-state index contributed by atoms with van der Waals surface area (Å²) in [7, 11) is -1.30. The van der Waals surface area contributed by atoms with Gasteiger partial charge in [-0.05, 0) is 0 Å². The fourth-order valence-corrected chi connectivity index (χ4v) is 11.7. The molecule has 0 fully saturated rings. The standard InChI is InChI=1S/C22H21Si.2ClH.Hf/c1-3-23(4-2)20-14-18-17-12-8-7-11-16(17)13-19(18)21(22(20)23)15-9-5-6-10-15;;;/h5-9,11-14H,3-4,10H2,1-2H3;2*1H;/q;;;+2/p-2. The van der Waals surface area contributed by atoms with Gasteiger partial charge in [0.25, 0.3) is 0 Å². The number of benzene rings is 2. The second-order valence-electron chi connectivity index (χ2n) is 7.27. The Hall–Kier alpha value is -0.413. The van der Waals surface area contributed by atoms with Crippen LogP contribution in [-0.2, 0) is 24.4 Å². The normalized spacial score (nSPS) is 19.7. The molecule has 5 rings (SSSR count). The van der Waals surface area contributed by atoms with Gasteiger partial charge in [0, 0.05) is 0 Å². The maximum absolute atomic E-state index is 2.62. The van der Waals surface area contributed by atoms with Crippen molar-refractivity contribution in [1.29, 1.82) is 0 Å². The molecule has 0 amide bonds. The summed E-state index contributed by atoms with van der Waals surface area (Å²) < 4.78 is 0.666. The van der Waals surface area contributed by atoms with Gasteiger partial charge < -0.3 is 24.8 Å². The average molecular weight is 563 g/mol. The molecule has 2 aliphatic carbocycles. The van der Waals surface area contributed by atoms with Crippen molar-refractivity contribution in [3.8, 4) is 11.1 Å². The molecule has 0 saturated heterocycles. The van der Waals surface area contributed by atoms with E-state index in [0.717, 1.165) is 6.42 Å². The average Bonchev–Trinajstić information content (AvgIpc) is 2.92. The van der Waals surface area contributed by atoms with Crippen molar-refractivity contribution in [2.75, 3.05) is 0 Å². The Balaban J connectivity index is 0.000000980. The Labute approximate surface area is 184 Å². The molecule has 1 atom stereocenters. The van der Waals surface area contributed by atoms with Gasteiger partial charge in [0.2, 0.25) is 0 Å². The van der Waals surface area contributed by atoms with E-state index in [9.17, 15) is 0 Å². The van der Waals surface area contributed by atoms with Gasteiger partial charge >= 0.3 is 161 Å². The first-order valence-electron chi connectivity index (χ1n) is 9.11. The predicted octanol–water partition coefficient (Wildman–Crippen LogP) is -1.43. The monoisotopic (exact) mass is 563 g/mol. The summed E-state index contributed by atoms with van der Waals surface area (Å²) in [4.78, 5) is 0. The predicted molar refractivity (Wildman–Crippen MR) is 101 cm³/mol. The van der Waals surface area contributed by atoms with E-state index in [-0.39, 0.29) is 24.8 Å². The van der Waals surface area contributed by atoms with E-state index >= 15 is 0 Å². The van der Waals surface area contributed by atoms with Crippen molar-refractivity contribution < 1.29 is 49.2 Å². The maximum atomic E-state index is 2.62. The third-order valence-corrected chi connectivity index (χ3v) is 13.7. The van der Waals surface area contributed by atoms with Gasteiger partial charge in [-0.2, -0.15) is 0 Å². The van der Waals surface area contributed by atoms with Crippen molar-refractivity contribution in [1.82, 2.24) is 0 Å². The molecule has 0 spiro atoms. The molecule has 0 bridgehead atoms. The molecule has 0 saturated carbocycles. The number of allylic oxidation sites excluding steroid dienone is 4. The van der Waals surface area contributed by atoms with Crippen LogP contribution in [0.2, 0.25) is 12.1 Å². The summed E-state index contributed by atoms with van der Waals surface area (Å²) in [5.74, 6) is 0. The Kier molecular flexibility index (Phi) is 5.63. The molecule has 26 heavy (non-hydrogen) atoms. The molecule has 2 aromatic rings. The number of rotatable bonds is 3. The first-order chi connectivity index (χ1) is 11.7. The topological polar surface area (TPSA) is 0 Å². The van der Waals surface area contributed by atoms with E-state index in [1.54, 1.807) is 33.0 Å². The smallest absolute Gasteiger partial charge is 1.00 e. The van der Waals surface area contributed by atoms with Gasteiger partial charge in [0.1, 0.15) is 0 Å². The molecule has 0 N–H and O–H groups in total. The zero-order valence-corrected chi connectivity index (χ0v) is 21.2. The molecule has 1 aliphatic heterocycles. The van der Waals surface area contributed by atoms with Crippen LogP contribution in [0, 0.1) is 0 Å². The van der Waals surface area contributed by atoms with Crippen LogP contribution in [0.3, 0.4) is 0 Å². The van der Waals surface area contributed by atoms with Gasteiger partial charge in [-0.1, -0.05) is 0 Å². The van der Waals surface area contributed by atoms with Gasteiger partial charge in [-0.15, -0.1) is 0 Å². The Morgan fingerprint density at radius 3 is 2.46 bits per heavy atom. The minimum atomic E-state index is -1.30. The summed E-state index contributed by atoms with van der Waals surface area (Å²) in [6.45, 7) is 4.86. The zero-order valence-electron chi connectivity index (χ0n) is 15.1. The summed E-state index contributed by atoms with van der Waals surface area (Å²) in [5, 5.41) is 3.61. The Morgan fingerprint density at radius 2 is 1.81 bits per heavy atom. The number of halogens is 2. The van der Waals surface area contributed by atoms with Gasteiger partial charge in [0.15, 0.2) is 0 Å².